The fourth-order valence-electron chi connectivity index (χ4n) is 0.997. The molecular weight excluding hydrogens is 196 g/mol. The van der Waals surface area contributed by atoms with E-state index in [1.807, 2.05) is 20.4 Å². The zero-order valence-electron chi connectivity index (χ0n) is 10.3. The Morgan fingerprint density at radius 3 is 1.64 bits per heavy atom. The molecule has 0 N–H and O–H groups in total. The summed E-state index contributed by atoms with van der Waals surface area (Å²) >= 11 is 0. The molecule has 0 aromatic rings. The Labute approximate surface area is 89.1 Å². The summed E-state index contributed by atoms with van der Waals surface area (Å²) < 4.78 is 16.9. The average molecular weight is 220 g/mol. The fourth-order valence-corrected chi connectivity index (χ4v) is 2.99. The van der Waals surface area contributed by atoms with E-state index in [1.165, 1.54) is 0 Å². The first kappa shape index (κ1) is 14.1. The van der Waals surface area contributed by atoms with Crippen LogP contribution in [0.25, 0.3) is 0 Å². The predicted octanol–water partition coefficient (Wildman–Crippen LogP) is 2.69. The molecule has 0 spiro atoms. The Hall–Kier alpha value is 0.0969. The summed E-state index contributed by atoms with van der Waals surface area (Å²) in [5.74, 6) is 0. The zero-order chi connectivity index (χ0) is 11.2. The highest BCUT2D eigenvalue weighted by molar-refractivity contribution is 6.59. The largest absolute Gasteiger partial charge is 0.497 e. The third-order valence-electron chi connectivity index (χ3n) is 1.58. The molecule has 0 aliphatic rings. The van der Waals surface area contributed by atoms with Crippen LogP contribution in [0.3, 0.4) is 0 Å². The van der Waals surface area contributed by atoms with Gasteiger partial charge in [-0.2, -0.15) is 0 Å². The molecule has 0 aliphatic carbocycles. The second kappa shape index (κ2) is 5.85. The molecule has 4 heteroatoms. The van der Waals surface area contributed by atoms with E-state index in [2.05, 4.69) is 20.8 Å². The lowest BCUT2D eigenvalue weighted by Crippen LogP contribution is -2.44. The summed E-state index contributed by atoms with van der Waals surface area (Å²) in [6, 6.07) is 0. The minimum Gasteiger partial charge on any atom is -0.374 e. The first-order valence-electron chi connectivity index (χ1n) is 5.25. The molecule has 0 heterocycles. The summed E-state index contributed by atoms with van der Waals surface area (Å²) in [7, 11) is -2.36. The highest BCUT2D eigenvalue weighted by atomic mass is 28.4. The number of rotatable bonds is 6. The highest BCUT2D eigenvalue weighted by Gasteiger charge is 2.35. The van der Waals surface area contributed by atoms with E-state index in [0.717, 1.165) is 0 Å². The molecule has 0 rings (SSSR count). The normalized spacial score (nSPS) is 13.3. The highest BCUT2D eigenvalue weighted by Crippen LogP contribution is 2.18. The summed E-state index contributed by atoms with van der Waals surface area (Å²) in [4.78, 5) is 0. The molecule has 0 aromatic carbocycles. The minimum absolute atomic E-state index is 0.155. The molecule has 0 radical (unpaired) electrons. The lowest BCUT2D eigenvalue weighted by molar-refractivity contribution is 0.0481. The van der Waals surface area contributed by atoms with Gasteiger partial charge in [-0.05, 0) is 19.3 Å². The van der Waals surface area contributed by atoms with Crippen LogP contribution in [0.5, 0.6) is 0 Å². The van der Waals surface area contributed by atoms with Gasteiger partial charge in [0.2, 0.25) is 0 Å². The van der Waals surface area contributed by atoms with Crippen molar-refractivity contribution in [2.75, 3.05) is 19.8 Å². The average Bonchev–Trinajstić information content (AvgIpc) is 2.01. The van der Waals surface area contributed by atoms with E-state index >= 15 is 0 Å². The molecule has 3 nitrogen and oxygen atoms in total. The van der Waals surface area contributed by atoms with Gasteiger partial charge in [-0.25, -0.2) is 0 Å². The molecule has 0 unspecified atom stereocenters. The van der Waals surface area contributed by atoms with Crippen LogP contribution < -0.4 is 0 Å². The molecule has 0 aliphatic heterocycles. The third-order valence-corrected chi connectivity index (χ3v) is 3.88. The quantitative estimate of drug-likeness (QED) is 0.644. The van der Waals surface area contributed by atoms with Crippen LogP contribution in [-0.4, -0.2) is 28.6 Å². The van der Waals surface area contributed by atoms with Gasteiger partial charge in [-0.15, -0.1) is 0 Å². The van der Waals surface area contributed by atoms with Crippen LogP contribution in [0.1, 0.15) is 34.6 Å². The van der Waals surface area contributed by atoms with Crippen LogP contribution in [0.15, 0.2) is 0 Å². The van der Waals surface area contributed by atoms with Gasteiger partial charge in [0.05, 0.1) is 0 Å². The van der Waals surface area contributed by atoms with Gasteiger partial charge in [0.1, 0.15) is 0 Å². The van der Waals surface area contributed by atoms with Gasteiger partial charge in [0, 0.05) is 26.4 Å². The summed E-state index contributed by atoms with van der Waals surface area (Å²) in [6.07, 6.45) is 0. The van der Waals surface area contributed by atoms with E-state index in [-0.39, 0.29) is 5.41 Å². The van der Waals surface area contributed by atoms with E-state index in [1.54, 1.807) is 0 Å². The number of hydrogen-bond acceptors (Lipinski definition) is 3. The van der Waals surface area contributed by atoms with Crippen LogP contribution in [-0.2, 0) is 13.3 Å². The van der Waals surface area contributed by atoms with Crippen molar-refractivity contribution in [3.63, 3.8) is 0 Å². The molecule has 0 fully saturated rings. The molecule has 0 bridgehead atoms. The standard InChI is InChI=1S/C10H24O3Si/c1-7-11-14(6,12-8-2)13-9-10(3,4)5/h7-9H2,1-6H3. The SMILES string of the molecule is CCO[Si](C)(OCC)OCC(C)(C)C. The van der Waals surface area contributed by atoms with Crippen molar-refractivity contribution in [1.29, 1.82) is 0 Å². The van der Waals surface area contributed by atoms with E-state index in [4.69, 9.17) is 13.3 Å². The van der Waals surface area contributed by atoms with Crippen LogP contribution in [0, 0.1) is 5.41 Å². The third kappa shape index (κ3) is 6.54. The van der Waals surface area contributed by atoms with Crippen molar-refractivity contribution in [1.82, 2.24) is 0 Å². The second-order valence-corrected chi connectivity index (χ2v) is 7.17. The molecule has 0 atom stereocenters. The van der Waals surface area contributed by atoms with Crippen molar-refractivity contribution in [2.45, 2.75) is 41.2 Å². The first-order valence-corrected chi connectivity index (χ1v) is 7.47. The van der Waals surface area contributed by atoms with Gasteiger partial charge in [0.25, 0.3) is 0 Å². The van der Waals surface area contributed by atoms with Gasteiger partial charge >= 0.3 is 8.80 Å². The molecule has 86 valence electrons. The first-order chi connectivity index (χ1) is 6.33. The maximum atomic E-state index is 5.77. The molecule has 0 saturated carbocycles. The fraction of sp³-hybridized carbons (Fsp3) is 1.00. The topological polar surface area (TPSA) is 27.7 Å². The Kier molecular flexibility index (Phi) is 5.89. The lowest BCUT2D eigenvalue weighted by Gasteiger charge is -2.29. The Morgan fingerprint density at radius 1 is 0.929 bits per heavy atom. The zero-order valence-corrected chi connectivity index (χ0v) is 11.3. The van der Waals surface area contributed by atoms with Gasteiger partial charge in [0.15, 0.2) is 0 Å². The summed E-state index contributed by atoms with van der Waals surface area (Å²) in [5, 5.41) is 0. The maximum Gasteiger partial charge on any atom is 0.497 e. The van der Waals surface area contributed by atoms with Gasteiger partial charge in [-0.1, -0.05) is 20.8 Å². The Balaban J connectivity index is 4.08. The van der Waals surface area contributed by atoms with Crippen molar-refractivity contribution < 1.29 is 13.3 Å². The molecule has 0 aromatic heterocycles. The molecule has 0 saturated heterocycles. The number of hydrogen-bond donors (Lipinski definition) is 0. The van der Waals surface area contributed by atoms with Gasteiger partial charge < -0.3 is 13.3 Å². The molecular formula is C10H24O3Si. The summed E-state index contributed by atoms with van der Waals surface area (Å²) in [6.45, 7) is 14.3. The van der Waals surface area contributed by atoms with Crippen LogP contribution >= 0.6 is 0 Å². The van der Waals surface area contributed by atoms with Crippen molar-refractivity contribution in [3.8, 4) is 0 Å². The monoisotopic (exact) mass is 220 g/mol. The van der Waals surface area contributed by atoms with Gasteiger partial charge in [-0.3, -0.25) is 0 Å². The van der Waals surface area contributed by atoms with E-state index in [9.17, 15) is 0 Å². The summed E-state index contributed by atoms with van der Waals surface area (Å²) in [5.41, 5.74) is 0.155. The van der Waals surface area contributed by atoms with Crippen molar-refractivity contribution >= 4 is 8.80 Å². The van der Waals surface area contributed by atoms with E-state index < -0.39 is 8.80 Å². The molecule has 0 amide bonds. The molecule has 14 heavy (non-hydrogen) atoms. The van der Waals surface area contributed by atoms with Crippen molar-refractivity contribution in [2.24, 2.45) is 5.41 Å². The lowest BCUT2D eigenvalue weighted by atomic mass is 9.99. The Bertz CT molecular complexity index is 148. The Morgan fingerprint density at radius 2 is 1.36 bits per heavy atom. The van der Waals surface area contributed by atoms with E-state index in [0.29, 0.717) is 19.8 Å². The van der Waals surface area contributed by atoms with Crippen LogP contribution in [0.4, 0.5) is 0 Å². The van der Waals surface area contributed by atoms with Crippen LogP contribution in [0.2, 0.25) is 6.55 Å². The second-order valence-electron chi connectivity index (χ2n) is 4.58. The smallest absolute Gasteiger partial charge is 0.374 e. The predicted molar refractivity (Wildman–Crippen MR) is 60.3 cm³/mol. The minimum atomic E-state index is -2.36. The maximum absolute atomic E-state index is 5.77. The van der Waals surface area contributed by atoms with Crippen molar-refractivity contribution in [3.05, 3.63) is 0 Å².